The highest BCUT2D eigenvalue weighted by Crippen LogP contribution is 2.20. The Morgan fingerprint density at radius 1 is 1.40 bits per heavy atom. The number of rotatable bonds is 5. The molecule has 0 bridgehead atoms. The van der Waals surface area contributed by atoms with Crippen molar-refractivity contribution < 1.29 is 4.79 Å². The second kappa shape index (κ2) is 7.67. The van der Waals surface area contributed by atoms with Gasteiger partial charge in [0.15, 0.2) is 0 Å². The number of carbonyl (C=O) groups excluding carboxylic acids is 1. The summed E-state index contributed by atoms with van der Waals surface area (Å²) < 4.78 is 0. The third-order valence-corrected chi connectivity index (χ3v) is 2.90. The molecule has 0 fully saturated rings. The maximum atomic E-state index is 11.9. The van der Waals surface area contributed by atoms with E-state index in [1.807, 2.05) is 44.3 Å². The summed E-state index contributed by atoms with van der Waals surface area (Å²) in [5, 5.41) is 12.7. The van der Waals surface area contributed by atoms with Crippen LogP contribution in [0.4, 0.5) is 5.69 Å². The van der Waals surface area contributed by atoms with Gasteiger partial charge in [0.1, 0.15) is 0 Å². The number of hydrogen-bond acceptors (Lipinski definition) is 3. The maximum Gasteiger partial charge on any atom is 0.228 e. The number of H-pyrrole nitrogens is 1. The van der Waals surface area contributed by atoms with Gasteiger partial charge in [0.2, 0.25) is 5.91 Å². The van der Waals surface area contributed by atoms with Crippen LogP contribution in [0.2, 0.25) is 0 Å². The number of benzene rings is 1. The first-order valence-corrected chi connectivity index (χ1v) is 6.26. The van der Waals surface area contributed by atoms with E-state index in [1.165, 1.54) is 0 Å². The number of nitrogens with zero attached hydrogens (tertiary/aromatic N) is 1. The first-order valence-electron chi connectivity index (χ1n) is 6.26. The molecule has 1 amide bonds. The van der Waals surface area contributed by atoms with Crippen molar-refractivity contribution in [3.05, 3.63) is 36.5 Å². The number of aromatic amines is 1. The van der Waals surface area contributed by atoms with E-state index in [-0.39, 0.29) is 24.2 Å². The highest BCUT2D eigenvalue weighted by molar-refractivity contribution is 5.93. The van der Waals surface area contributed by atoms with Gasteiger partial charge < -0.3 is 10.6 Å². The molecule has 1 aromatic heterocycles. The molecule has 1 heterocycles. The fraction of sp³-hybridized carbons (Fsp3) is 0.286. The lowest BCUT2D eigenvalue weighted by Crippen LogP contribution is -2.28. The fourth-order valence-electron chi connectivity index (χ4n) is 1.85. The summed E-state index contributed by atoms with van der Waals surface area (Å²) in [6.07, 6.45) is 1.70. The summed E-state index contributed by atoms with van der Waals surface area (Å²) in [6.45, 7) is 2.55. The average Bonchev–Trinajstić information content (AvgIpc) is 2.93. The molecule has 3 N–H and O–H groups in total. The number of aromatic nitrogens is 2. The van der Waals surface area contributed by atoms with Crippen LogP contribution in [0.1, 0.15) is 6.92 Å². The predicted molar refractivity (Wildman–Crippen MR) is 83.0 cm³/mol. The molecule has 5 nitrogen and oxygen atoms in total. The number of carbonyl (C=O) groups is 1. The van der Waals surface area contributed by atoms with E-state index >= 15 is 0 Å². The summed E-state index contributed by atoms with van der Waals surface area (Å²) in [4.78, 5) is 11.9. The Morgan fingerprint density at radius 2 is 2.20 bits per heavy atom. The van der Waals surface area contributed by atoms with Gasteiger partial charge in [-0.25, -0.2) is 0 Å². The van der Waals surface area contributed by atoms with Gasteiger partial charge in [0, 0.05) is 29.9 Å². The zero-order valence-electron chi connectivity index (χ0n) is 11.5. The van der Waals surface area contributed by atoms with Crippen LogP contribution in [-0.2, 0) is 4.79 Å². The number of nitrogens with one attached hydrogen (secondary N) is 3. The number of anilines is 1. The van der Waals surface area contributed by atoms with Crippen molar-refractivity contribution in [1.29, 1.82) is 0 Å². The van der Waals surface area contributed by atoms with Gasteiger partial charge >= 0.3 is 0 Å². The van der Waals surface area contributed by atoms with Crippen molar-refractivity contribution in [3.8, 4) is 11.3 Å². The van der Waals surface area contributed by atoms with E-state index < -0.39 is 0 Å². The smallest absolute Gasteiger partial charge is 0.228 e. The van der Waals surface area contributed by atoms with E-state index in [4.69, 9.17) is 0 Å². The predicted octanol–water partition coefficient (Wildman–Crippen LogP) is 2.29. The molecule has 1 aromatic carbocycles. The van der Waals surface area contributed by atoms with E-state index in [9.17, 15) is 4.79 Å². The van der Waals surface area contributed by atoms with Crippen molar-refractivity contribution in [1.82, 2.24) is 15.5 Å². The quantitative estimate of drug-likeness (QED) is 0.792. The Kier molecular flexibility index (Phi) is 6.21. The lowest BCUT2D eigenvalue weighted by Gasteiger charge is -2.12. The number of hydrogen-bond donors (Lipinski definition) is 3. The first-order chi connectivity index (χ1) is 9.20. The lowest BCUT2D eigenvalue weighted by molar-refractivity contribution is -0.119. The summed E-state index contributed by atoms with van der Waals surface area (Å²) in [6, 6.07) is 9.58. The van der Waals surface area contributed by atoms with Crippen LogP contribution in [0.25, 0.3) is 11.3 Å². The van der Waals surface area contributed by atoms with Crippen LogP contribution in [0.3, 0.4) is 0 Å². The lowest BCUT2D eigenvalue weighted by atomic mass is 10.1. The first kappa shape index (κ1) is 16.2. The molecule has 0 spiro atoms. The summed E-state index contributed by atoms with van der Waals surface area (Å²) in [7, 11) is 1.84. The highest BCUT2D eigenvalue weighted by Gasteiger charge is 2.12. The number of halogens is 1. The molecule has 2 rings (SSSR count). The van der Waals surface area contributed by atoms with Crippen molar-refractivity contribution in [2.75, 3.05) is 18.9 Å². The Balaban J connectivity index is 0.00000200. The molecular formula is C14H19ClN4O. The van der Waals surface area contributed by atoms with Crippen molar-refractivity contribution in [3.63, 3.8) is 0 Å². The normalized spacial score (nSPS) is 11.5. The largest absolute Gasteiger partial charge is 0.326 e. The molecule has 0 aliphatic rings. The topological polar surface area (TPSA) is 69.8 Å². The number of amides is 1. The average molecular weight is 295 g/mol. The van der Waals surface area contributed by atoms with Gasteiger partial charge in [-0.3, -0.25) is 9.89 Å². The van der Waals surface area contributed by atoms with E-state index in [0.29, 0.717) is 6.54 Å². The third kappa shape index (κ3) is 4.08. The van der Waals surface area contributed by atoms with E-state index in [2.05, 4.69) is 20.8 Å². The Bertz CT molecular complexity index is 542. The highest BCUT2D eigenvalue weighted by atomic mass is 35.5. The molecular weight excluding hydrogens is 276 g/mol. The molecule has 6 heteroatoms. The molecule has 0 aliphatic carbocycles. The summed E-state index contributed by atoms with van der Waals surface area (Å²) >= 11 is 0. The molecule has 108 valence electrons. The van der Waals surface area contributed by atoms with Crippen LogP contribution in [-0.4, -0.2) is 29.7 Å². The van der Waals surface area contributed by atoms with Crippen molar-refractivity contribution >= 4 is 24.0 Å². The molecule has 20 heavy (non-hydrogen) atoms. The second-order valence-electron chi connectivity index (χ2n) is 4.50. The van der Waals surface area contributed by atoms with Crippen LogP contribution in [0.5, 0.6) is 0 Å². The molecule has 0 saturated heterocycles. The Hall–Kier alpha value is -1.85. The monoisotopic (exact) mass is 294 g/mol. The van der Waals surface area contributed by atoms with Crippen LogP contribution in [0.15, 0.2) is 36.5 Å². The molecule has 1 unspecified atom stereocenters. The zero-order chi connectivity index (χ0) is 13.7. The summed E-state index contributed by atoms with van der Waals surface area (Å²) in [5.41, 5.74) is 2.72. The van der Waals surface area contributed by atoms with Gasteiger partial charge in [0.25, 0.3) is 0 Å². The van der Waals surface area contributed by atoms with Gasteiger partial charge in [-0.1, -0.05) is 19.1 Å². The van der Waals surface area contributed by atoms with Gasteiger partial charge in [-0.2, -0.15) is 5.10 Å². The van der Waals surface area contributed by atoms with Crippen molar-refractivity contribution in [2.24, 2.45) is 5.92 Å². The minimum atomic E-state index is -0.0687. The molecule has 0 radical (unpaired) electrons. The van der Waals surface area contributed by atoms with Gasteiger partial charge in [-0.05, 0) is 25.2 Å². The zero-order valence-corrected chi connectivity index (χ0v) is 12.3. The molecule has 0 aliphatic heterocycles. The van der Waals surface area contributed by atoms with Crippen LogP contribution >= 0.6 is 12.4 Å². The minimum absolute atomic E-state index is 0. The van der Waals surface area contributed by atoms with Crippen LogP contribution in [0, 0.1) is 5.92 Å². The standard InChI is InChI=1S/C14H18N4O.ClH/c1-10(9-15-2)14(19)17-12-5-3-4-11(8-12)13-6-7-16-18-13;/h3-8,10,15H,9H2,1-2H3,(H,16,18)(H,17,19);1H. The second-order valence-corrected chi connectivity index (χ2v) is 4.50. The van der Waals surface area contributed by atoms with Crippen molar-refractivity contribution in [2.45, 2.75) is 6.92 Å². The SMILES string of the molecule is CNCC(C)C(=O)Nc1cccc(-c2ccn[nH]2)c1.Cl. The third-order valence-electron chi connectivity index (χ3n) is 2.90. The Labute approximate surface area is 124 Å². The fourth-order valence-corrected chi connectivity index (χ4v) is 1.85. The van der Waals surface area contributed by atoms with Crippen LogP contribution < -0.4 is 10.6 Å². The van der Waals surface area contributed by atoms with E-state index in [1.54, 1.807) is 6.20 Å². The minimum Gasteiger partial charge on any atom is -0.326 e. The molecule has 2 aromatic rings. The Morgan fingerprint density at radius 3 is 2.85 bits per heavy atom. The van der Waals surface area contributed by atoms with Gasteiger partial charge in [-0.15, -0.1) is 12.4 Å². The summed E-state index contributed by atoms with van der Waals surface area (Å²) in [5.74, 6) is -0.0584. The molecule has 0 saturated carbocycles. The van der Waals surface area contributed by atoms with Gasteiger partial charge in [0.05, 0.1) is 5.69 Å². The molecule has 1 atom stereocenters. The van der Waals surface area contributed by atoms with E-state index in [0.717, 1.165) is 16.9 Å². The maximum absolute atomic E-state index is 11.9.